The highest BCUT2D eigenvalue weighted by Crippen LogP contribution is 2.16. The fourth-order valence-electron chi connectivity index (χ4n) is 2.88. The molecule has 0 saturated heterocycles. The molecule has 0 unspecified atom stereocenters. The molecule has 3 aromatic carbocycles. The van der Waals surface area contributed by atoms with Crippen LogP contribution in [0, 0.1) is 0 Å². The number of nitrogens with zero attached hydrogens (tertiary/aromatic N) is 1. The second-order valence-electron chi connectivity index (χ2n) is 7.15. The van der Waals surface area contributed by atoms with Crippen LogP contribution in [-0.2, 0) is 16.2 Å². The summed E-state index contributed by atoms with van der Waals surface area (Å²) >= 11 is 0. The molecule has 0 heterocycles. The van der Waals surface area contributed by atoms with Crippen molar-refractivity contribution in [3.8, 4) is 11.5 Å². The zero-order valence-electron chi connectivity index (χ0n) is 18.2. The van der Waals surface area contributed by atoms with Crippen molar-refractivity contribution in [2.45, 2.75) is 6.61 Å². The van der Waals surface area contributed by atoms with Crippen LogP contribution in [-0.4, -0.2) is 37.4 Å². The van der Waals surface area contributed by atoms with E-state index < -0.39 is 0 Å². The van der Waals surface area contributed by atoms with Crippen LogP contribution in [0.3, 0.4) is 0 Å². The standard InChI is InChI=1S/C26H26N2O4/c1-28(18-25(29)27-22-11-15-23(31-2)16-12-22)26(30)17-10-20-8-13-24(14-9-20)32-19-21-6-4-3-5-7-21/h3-17H,18-19H2,1-2H3,(H,27,29)/b17-10+. The molecule has 32 heavy (non-hydrogen) atoms. The van der Waals surface area contributed by atoms with Gasteiger partial charge in [0.2, 0.25) is 11.8 Å². The first-order valence-corrected chi connectivity index (χ1v) is 10.2. The van der Waals surface area contributed by atoms with Crippen molar-refractivity contribution in [2.75, 3.05) is 26.0 Å². The molecule has 2 amide bonds. The summed E-state index contributed by atoms with van der Waals surface area (Å²) in [6, 6.07) is 24.4. The van der Waals surface area contributed by atoms with E-state index >= 15 is 0 Å². The van der Waals surface area contributed by atoms with Crippen molar-refractivity contribution >= 4 is 23.6 Å². The van der Waals surface area contributed by atoms with Crippen LogP contribution in [0.4, 0.5) is 5.69 Å². The largest absolute Gasteiger partial charge is 0.497 e. The highest BCUT2D eigenvalue weighted by molar-refractivity contribution is 5.97. The average Bonchev–Trinajstić information content (AvgIpc) is 2.83. The first-order chi connectivity index (χ1) is 15.5. The van der Waals surface area contributed by atoms with Crippen molar-refractivity contribution in [1.29, 1.82) is 0 Å². The van der Waals surface area contributed by atoms with Gasteiger partial charge in [0.25, 0.3) is 0 Å². The fourth-order valence-corrected chi connectivity index (χ4v) is 2.88. The van der Waals surface area contributed by atoms with E-state index in [4.69, 9.17) is 9.47 Å². The van der Waals surface area contributed by atoms with Gasteiger partial charge >= 0.3 is 0 Å². The summed E-state index contributed by atoms with van der Waals surface area (Å²) < 4.78 is 10.9. The van der Waals surface area contributed by atoms with Gasteiger partial charge in [-0.1, -0.05) is 42.5 Å². The lowest BCUT2D eigenvalue weighted by Crippen LogP contribution is -2.33. The van der Waals surface area contributed by atoms with Gasteiger partial charge in [0, 0.05) is 18.8 Å². The maximum absolute atomic E-state index is 12.3. The molecule has 0 fully saturated rings. The number of rotatable bonds is 9. The van der Waals surface area contributed by atoms with Crippen molar-refractivity contribution < 1.29 is 19.1 Å². The van der Waals surface area contributed by atoms with Crippen LogP contribution >= 0.6 is 0 Å². The molecule has 0 atom stereocenters. The Morgan fingerprint density at radius 3 is 2.22 bits per heavy atom. The molecular weight excluding hydrogens is 404 g/mol. The Morgan fingerprint density at radius 2 is 1.56 bits per heavy atom. The second-order valence-corrected chi connectivity index (χ2v) is 7.15. The Balaban J connectivity index is 1.46. The first kappa shape index (κ1) is 22.6. The normalized spacial score (nSPS) is 10.6. The number of hydrogen-bond acceptors (Lipinski definition) is 4. The van der Waals surface area contributed by atoms with Gasteiger partial charge in [-0.15, -0.1) is 0 Å². The van der Waals surface area contributed by atoms with Crippen LogP contribution in [0.15, 0.2) is 84.9 Å². The quantitative estimate of drug-likeness (QED) is 0.512. The fraction of sp³-hybridized carbons (Fsp3) is 0.154. The average molecular weight is 431 g/mol. The summed E-state index contributed by atoms with van der Waals surface area (Å²) in [5.74, 6) is 0.916. The Labute approximate surface area is 188 Å². The van der Waals surface area contributed by atoms with Crippen molar-refractivity contribution in [1.82, 2.24) is 4.90 Å². The zero-order valence-corrected chi connectivity index (χ0v) is 18.2. The van der Waals surface area contributed by atoms with Gasteiger partial charge in [0.15, 0.2) is 0 Å². The molecule has 0 aliphatic carbocycles. The summed E-state index contributed by atoms with van der Waals surface area (Å²) in [5, 5.41) is 2.76. The summed E-state index contributed by atoms with van der Waals surface area (Å²) in [6.45, 7) is 0.444. The summed E-state index contributed by atoms with van der Waals surface area (Å²) in [6.07, 6.45) is 3.15. The summed E-state index contributed by atoms with van der Waals surface area (Å²) in [7, 11) is 3.16. The number of benzene rings is 3. The Bertz CT molecular complexity index is 1050. The molecule has 0 aliphatic rings. The Kier molecular flexibility index (Phi) is 8.03. The molecule has 6 nitrogen and oxygen atoms in total. The minimum absolute atomic E-state index is 0.0541. The number of ether oxygens (including phenoxy) is 2. The lowest BCUT2D eigenvalue weighted by atomic mass is 10.2. The van der Waals surface area contributed by atoms with Gasteiger partial charge in [-0.2, -0.15) is 0 Å². The number of methoxy groups -OCH3 is 1. The van der Waals surface area contributed by atoms with E-state index in [1.54, 1.807) is 44.5 Å². The number of carbonyl (C=O) groups excluding carboxylic acids is 2. The molecule has 3 rings (SSSR count). The van der Waals surface area contributed by atoms with E-state index in [2.05, 4.69) is 5.32 Å². The van der Waals surface area contributed by atoms with E-state index in [9.17, 15) is 9.59 Å². The minimum atomic E-state index is -0.278. The van der Waals surface area contributed by atoms with Crippen LogP contribution in [0.5, 0.6) is 11.5 Å². The molecular formula is C26H26N2O4. The maximum Gasteiger partial charge on any atom is 0.246 e. The molecule has 0 aliphatic heterocycles. The van der Waals surface area contributed by atoms with Gasteiger partial charge < -0.3 is 19.7 Å². The third-order valence-corrected chi connectivity index (χ3v) is 4.68. The SMILES string of the molecule is COc1ccc(NC(=O)CN(C)C(=O)/C=C/c2ccc(OCc3ccccc3)cc2)cc1. The van der Waals surface area contributed by atoms with Gasteiger partial charge in [-0.25, -0.2) is 0 Å². The molecule has 164 valence electrons. The molecule has 0 aromatic heterocycles. The molecule has 0 spiro atoms. The van der Waals surface area contributed by atoms with Gasteiger partial charge in [-0.05, 0) is 53.6 Å². The maximum atomic E-state index is 12.3. The number of amides is 2. The van der Waals surface area contributed by atoms with Gasteiger partial charge in [-0.3, -0.25) is 9.59 Å². The van der Waals surface area contributed by atoms with Crippen molar-refractivity contribution in [2.24, 2.45) is 0 Å². The first-order valence-electron chi connectivity index (χ1n) is 10.2. The van der Waals surface area contributed by atoms with E-state index in [0.29, 0.717) is 18.0 Å². The van der Waals surface area contributed by atoms with E-state index in [0.717, 1.165) is 16.9 Å². The second kappa shape index (κ2) is 11.4. The van der Waals surface area contributed by atoms with Crippen LogP contribution in [0.2, 0.25) is 0 Å². The molecule has 3 aromatic rings. The van der Waals surface area contributed by atoms with Crippen molar-refractivity contribution in [3.05, 3.63) is 96.1 Å². The van der Waals surface area contributed by atoms with Crippen LogP contribution in [0.25, 0.3) is 6.08 Å². The third kappa shape index (κ3) is 7.02. The molecule has 6 heteroatoms. The minimum Gasteiger partial charge on any atom is -0.497 e. The molecule has 0 bridgehead atoms. The lowest BCUT2D eigenvalue weighted by Gasteiger charge is -2.15. The smallest absolute Gasteiger partial charge is 0.246 e. The van der Waals surface area contributed by atoms with Gasteiger partial charge in [0.1, 0.15) is 18.1 Å². The number of anilines is 1. The lowest BCUT2D eigenvalue weighted by molar-refractivity contribution is -0.129. The third-order valence-electron chi connectivity index (χ3n) is 4.68. The predicted octanol–water partition coefficient (Wildman–Crippen LogP) is 4.38. The Hall–Kier alpha value is -4.06. The highest BCUT2D eigenvalue weighted by Gasteiger charge is 2.11. The predicted molar refractivity (Wildman–Crippen MR) is 126 cm³/mol. The summed E-state index contributed by atoms with van der Waals surface area (Å²) in [5.41, 5.74) is 2.60. The van der Waals surface area contributed by atoms with Crippen LogP contribution in [0.1, 0.15) is 11.1 Å². The van der Waals surface area contributed by atoms with Gasteiger partial charge in [0.05, 0.1) is 13.7 Å². The zero-order chi connectivity index (χ0) is 22.8. The number of nitrogens with one attached hydrogen (secondary N) is 1. The Morgan fingerprint density at radius 1 is 0.906 bits per heavy atom. The van der Waals surface area contributed by atoms with E-state index in [1.165, 1.54) is 11.0 Å². The molecule has 1 N–H and O–H groups in total. The van der Waals surface area contributed by atoms with Crippen molar-refractivity contribution in [3.63, 3.8) is 0 Å². The van der Waals surface area contributed by atoms with E-state index in [1.807, 2.05) is 54.6 Å². The van der Waals surface area contributed by atoms with Crippen LogP contribution < -0.4 is 14.8 Å². The number of likely N-dealkylation sites (N-methyl/N-ethyl adjacent to an activating group) is 1. The topological polar surface area (TPSA) is 67.9 Å². The van der Waals surface area contributed by atoms with E-state index in [-0.39, 0.29) is 18.4 Å². The number of hydrogen-bond donors (Lipinski definition) is 1. The monoisotopic (exact) mass is 430 g/mol. The molecule has 0 saturated carbocycles. The molecule has 0 radical (unpaired) electrons. The number of carbonyl (C=O) groups is 2. The summed E-state index contributed by atoms with van der Waals surface area (Å²) in [4.78, 5) is 25.9. The highest BCUT2D eigenvalue weighted by atomic mass is 16.5.